The Bertz CT molecular complexity index is 426. The number of rotatable bonds is 4. The van der Waals surface area contributed by atoms with Crippen LogP contribution in [0.3, 0.4) is 0 Å². The van der Waals surface area contributed by atoms with E-state index >= 15 is 0 Å². The summed E-state index contributed by atoms with van der Waals surface area (Å²) in [4.78, 5) is 11.3. The van der Waals surface area contributed by atoms with Crippen molar-refractivity contribution in [2.75, 3.05) is 18.0 Å². The SMILES string of the molecule is CC1=CCCN(c2cncc(CNC(C)C)n2)C1. The van der Waals surface area contributed by atoms with E-state index in [2.05, 4.69) is 47.0 Å². The molecule has 4 nitrogen and oxygen atoms in total. The summed E-state index contributed by atoms with van der Waals surface area (Å²) >= 11 is 0. The van der Waals surface area contributed by atoms with Crippen molar-refractivity contribution >= 4 is 5.82 Å². The summed E-state index contributed by atoms with van der Waals surface area (Å²) in [6, 6.07) is 0.468. The van der Waals surface area contributed by atoms with E-state index in [4.69, 9.17) is 0 Å². The van der Waals surface area contributed by atoms with E-state index in [-0.39, 0.29) is 0 Å². The van der Waals surface area contributed by atoms with Crippen molar-refractivity contribution in [1.82, 2.24) is 15.3 Å². The van der Waals surface area contributed by atoms with E-state index in [0.717, 1.165) is 37.6 Å². The molecule has 2 rings (SSSR count). The first-order valence-electron chi connectivity index (χ1n) is 6.60. The molecule has 0 saturated carbocycles. The van der Waals surface area contributed by atoms with E-state index in [0.29, 0.717) is 6.04 Å². The lowest BCUT2D eigenvalue weighted by atomic mass is 10.1. The second kappa shape index (κ2) is 5.96. The molecular formula is C14H22N4. The molecule has 1 aliphatic heterocycles. The van der Waals surface area contributed by atoms with Gasteiger partial charge in [0.1, 0.15) is 5.82 Å². The van der Waals surface area contributed by atoms with Crippen LogP contribution < -0.4 is 10.2 Å². The Kier molecular flexibility index (Phi) is 4.31. The maximum absolute atomic E-state index is 4.68. The van der Waals surface area contributed by atoms with Crippen LogP contribution in [0.4, 0.5) is 5.82 Å². The Balaban J connectivity index is 2.05. The average molecular weight is 246 g/mol. The van der Waals surface area contributed by atoms with Gasteiger partial charge in [0.15, 0.2) is 0 Å². The molecule has 2 heterocycles. The zero-order chi connectivity index (χ0) is 13.0. The number of nitrogens with one attached hydrogen (secondary N) is 1. The third-order valence-electron chi connectivity index (χ3n) is 3.02. The van der Waals surface area contributed by atoms with E-state index in [1.54, 1.807) is 0 Å². The summed E-state index contributed by atoms with van der Waals surface area (Å²) in [5.74, 6) is 0.991. The Labute approximate surface area is 109 Å². The van der Waals surface area contributed by atoms with Crippen LogP contribution in [0.2, 0.25) is 0 Å². The zero-order valence-corrected chi connectivity index (χ0v) is 11.5. The van der Waals surface area contributed by atoms with Crippen LogP contribution in [0.25, 0.3) is 0 Å². The van der Waals surface area contributed by atoms with Crippen LogP contribution in [0.15, 0.2) is 24.0 Å². The van der Waals surface area contributed by atoms with Crippen LogP contribution in [-0.2, 0) is 6.54 Å². The summed E-state index contributed by atoms with van der Waals surface area (Å²) in [5, 5.41) is 3.37. The average Bonchev–Trinajstić information content (AvgIpc) is 2.37. The molecule has 0 radical (unpaired) electrons. The van der Waals surface area contributed by atoms with Crippen LogP contribution in [-0.4, -0.2) is 29.1 Å². The van der Waals surface area contributed by atoms with E-state index < -0.39 is 0 Å². The molecule has 1 aromatic rings. The Morgan fingerprint density at radius 1 is 1.39 bits per heavy atom. The van der Waals surface area contributed by atoms with Crippen molar-refractivity contribution in [3.63, 3.8) is 0 Å². The molecule has 0 spiro atoms. The number of nitrogens with zero attached hydrogens (tertiary/aromatic N) is 3. The van der Waals surface area contributed by atoms with Crippen molar-refractivity contribution in [2.45, 2.75) is 39.8 Å². The number of hydrogen-bond acceptors (Lipinski definition) is 4. The predicted molar refractivity (Wildman–Crippen MR) is 74.6 cm³/mol. The molecule has 0 aromatic carbocycles. The van der Waals surface area contributed by atoms with Gasteiger partial charge in [-0.25, -0.2) is 4.98 Å². The highest BCUT2D eigenvalue weighted by atomic mass is 15.2. The molecule has 1 N–H and O–H groups in total. The minimum absolute atomic E-state index is 0.468. The molecular weight excluding hydrogens is 224 g/mol. The molecule has 18 heavy (non-hydrogen) atoms. The maximum atomic E-state index is 4.68. The fraction of sp³-hybridized carbons (Fsp3) is 0.571. The third kappa shape index (κ3) is 3.53. The smallest absolute Gasteiger partial charge is 0.147 e. The van der Waals surface area contributed by atoms with Gasteiger partial charge in [-0.2, -0.15) is 0 Å². The number of aromatic nitrogens is 2. The van der Waals surface area contributed by atoms with E-state index in [1.807, 2.05) is 12.4 Å². The topological polar surface area (TPSA) is 41.1 Å². The first-order valence-corrected chi connectivity index (χ1v) is 6.60. The lowest BCUT2D eigenvalue weighted by Crippen LogP contribution is -2.30. The molecule has 1 aromatic heterocycles. The molecule has 0 unspecified atom stereocenters. The van der Waals surface area contributed by atoms with Gasteiger partial charge >= 0.3 is 0 Å². The normalized spacial score (nSPS) is 16.0. The van der Waals surface area contributed by atoms with Gasteiger partial charge in [0.2, 0.25) is 0 Å². The van der Waals surface area contributed by atoms with Crippen molar-refractivity contribution in [2.24, 2.45) is 0 Å². The van der Waals surface area contributed by atoms with Gasteiger partial charge < -0.3 is 10.2 Å². The van der Waals surface area contributed by atoms with Crippen molar-refractivity contribution in [1.29, 1.82) is 0 Å². The van der Waals surface area contributed by atoms with Crippen molar-refractivity contribution in [3.05, 3.63) is 29.7 Å². The van der Waals surface area contributed by atoms with Gasteiger partial charge in [0.25, 0.3) is 0 Å². The molecule has 4 heteroatoms. The largest absolute Gasteiger partial charge is 0.351 e. The first kappa shape index (κ1) is 13.0. The van der Waals surface area contributed by atoms with Crippen LogP contribution in [0, 0.1) is 0 Å². The van der Waals surface area contributed by atoms with Crippen LogP contribution in [0.1, 0.15) is 32.9 Å². The molecule has 0 atom stereocenters. The molecule has 1 aliphatic rings. The number of hydrogen-bond donors (Lipinski definition) is 1. The fourth-order valence-electron chi connectivity index (χ4n) is 2.05. The highest BCUT2D eigenvalue weighted by Gasteiger charge is 2.12. The summed E-state index contributed by atoms with van der Waals surface area (Å²) in [7, 11) is 0. The molecule has 0 aliphatic carbocycles. The summed E-state index contributed by atoms with van der Waals surface area (Å²) < 4.78 is 0. The minimum Gasteiger partial charge on any atom is -0.351 e. The standard InChI is InChI=1S/C14H22N4/c1-11(2)16-8-13-7-15-9-14(17-13)18-6-4-5-12(3)10-18/h5,7,9,11,16H,4,6,8,10H2,1-3H3. The summed E-state index contributed by atoms with van der Waals surface area (Å²) in [5.41, 5.74) is 2.42. The van der Waals surface area contributed by atoms with Gasteiger partial charge in [0, 0.05) is 31.9 Å². The Morgan fingerprint density at radius 2 is 2.22 bits per heavy atom. The lowest BCUT2D eigenvalue weighted by molar-refractivity contribution is 0.579. The van der Waals surface area contributed by atoms with Gasteiger partial charge in [0.05, 0.1) is 11.9 Å². The van der Waals surface area contributed by atoms with E-state index in [9.17, 15) is 0 Å². The Hall–Kier alpha value is -1.42. The quantitative estimate of drug-likeness (QED) is 0.826. The van der Waals surface area contributed by atoms with Crippen molar-refractivity contribution in [3.8, 4) is 0 Å². The van der Waals surface area contributed by atoms with Gasteiger partial charge in [-0.05, 0) is 13.3 Å². The highest BCUT2D eigenvalue weighted by molar-refractivity contribution is 5.40. The Morgan fingerprint density at radius 3 is 2.94 bits per heavy atom. The molecule has 98 valence electrons. The monoisotopic (exact) mass is 246 g/mol. The number of anilines is 1. The summed E-state index contributed by atoms with van der Waals surface area (Å²) in [6.07, 6.45) is 7.10. The van der Waals surface area contributed by atoms with Gasteiger partial charge in [-0.15, -0.1) is 0 Å². The highest BCUT2D eigenvalue weighted by Crippen LogP contribution is 2.16. The minimum atomic E-state index is 0.468. The second-order valence-corrected chi connectivity index (χ2v) is 5.16. The molecule has 0 saturated heterocycles. The first-order chi connectivity index (χ1) is 8.65. The fourth-order valence-corrected chi connectivity index (χ4v) is 2.05. The van der Waals surface area contributed by atoms with Crippen LogP contribution >= 0.6 is 0 Å². The summed E-state index contributed by atoms with van der Waals surface area (Å²) in [6.45, 7) is 9.22. The third-order valence-corrected chi connectivity index (χ3v) is 3.02. The molecule has 0 amide bonds. The zero-order valence-electron chi connectivity index (χ0n) is 11.5. The van der Waals surface area contributed by atoms with Crippen molar-refractivity contribution < 1.29 is 0 Å². The molecule has 0 bridgehead atoms. The predicted octanol–water partition coefficient (Wildman–Crippen LogP) is 2.13. The molecule has 0 fully saturated rings. The lowest BCUT2D eigenvalue weighted by Gasteiger charge is -2.27. The van der Waals surface area contributed by atoms with Gasteiger partial charge in [-0.1, -0.05) is 25.5 Å². The second-order valence-electron chi connectivity index (χ2n) is 5.16. The van der Waals surface area contributed by atoms with Crippen LogP contribution in [0.5, 0.6) is 0 Å². The van der Waals surface area contributed by atoms with E-state index in [1.165, 1.54) is 5.57 Å². The van der Waals surface area contributed by atoms with Gasteiger partial charge in [-0.3, -0.25) is 4.98 Å². The maximum Gasteiger partial charge on any atom is 0.147 e.